The van der Waals surface area contributed by atoms with Crippen molar-refractivity contribution in [3.05, 3.63) is 83.8 Å². The summed E-state index contributed by atoms with van der Waals surface area (Å²) in [5, 5.41) is 2.06. The molecule has 31 heavy (non-hydrogen) atoms. The van der Waals surface area contributed by atoms with Crippen LogP contribution in [0.2, 0.25) is 0 Å². The third-order valence-electron chi connectivity index (χ3n) is 5.63. The van der Waals surface area contributed by atoms with E-state index in [9.17, 15) is 0 Å². The van der Waals surface area contributed by atoms with Crippen molar-refractivity contribution in [1.29, 1.82) is 0 Å². The third-order valence-corrected chi connectivity index (χ3v) is 5.63. The van der Waals surface area contributed by atoms with Gasteiger partial charge in [-0.25, -0.2) is 9.97 Å². The number of para-hydroxylation sites is 3. The summed E-state index contributed by atoms with van der Waals surface area (Å²) in [4.78, 5) is 14.2. The lowest BCUT2D eigenvalue weighted by Crippen LogP contribution is -2.00. The largest absolute Gasteiger partial charge is 0.437 e. The van der Waals surface area contributed by atoms with Crippen molar-refractivity contribution >= 4 is 33.1 Å². The normalized spacial score (nSPS) is 11.7. The van der Waals surface area contributed by atoms with Crippen LogP contribution in [-0.4, -0.2) is 19.5 Å². The monoisotopic (exact) mass is 404 g/mol. The quantitative estimate of drug-likeness (QED) is 0.339. The number of rotatable bonds is 2. The fourth-order valence-electron chi connectivity index (χ4n) is 4.36. The van der Waals surface area contributed by atoms with Crippen molar-refractivity contribution in [1.82, 2.24) is 19.5 Å². The predicted octanol–water partition coefficient (Wildman–Crippen LogP) is 6.31. The van der Waals surface area contributed by atoms with Gasteiger partial charge in [0.1, 0.15) is 11.4 Å². The highest BCUT2D eigenvalue weighted by molar-refractivity contribution is 6.08. The lowest BCUT2D eigenvalue weighted by molar-refractivity contribution is 0.653. The van der Waals surface area contributed by atoms with Crippen LogP contribution in [0.5, 0.6) is 0 Å². The highest BCUT2D eigenvalue weighted by Gasteiger charge is 2.20. The van der Waals surface area contributed by atoms with Crippen molar-refractivity contribution in [3.63, 3.8) is 0 Å². The first-order valence-electron chi connectivity index (χ1n) is 10.3. The summed E-state index contributed by atoms with van der Waals surface area (Å²) in [6, 6.07) is 22.7. The molecular formula is C26H20N4O. The van der Waals surface area contributed by atoms with Gasteiger partial charge in [-0.15, -0.1) is 0 Å². The number of aryl methyl sites for hydroxylation is 3. The average molecular weight is 404 g/mol. The van der Waals surface area contributed by atoms with Gasteiger partial charge in [0.05, 0.1) is 22.3 Å². The molecule has 0 radical (unpaired) electrons. The highest BCUT2D eigenvalue weighted by Crippen LogP contribution is 2.37. The zero-order chi connectivity index (χ0) is 21.1. The Morgan fingerprint density at radius 2 is 1.52 bits per heavy atom. The summed E-state index contributed by atoms with van der Waals surface area (Å²) < 4.78 is 8.47. The fraction of sp³-hybridized carbons (Fsp3) is 0.115. The Bertz CT molecular complexity index is 1600. The molecule has 0 bridgehead atoms. The molecule has 5 nitrogen and oxygen atoms in total. The Hall–Kier alpha value is -3.99. The van der Waals surface area contributed by atoms with E-state index in [0.717, 1.165) is 61.5 Å². The molecule has 0 aliphatic carbocycles. The standard InChI is InChI=1S/C26H20N4O/c1-15-11-12-20-19-7-6-8-21(24(19)31-26(20)28-15)25-29-22-9-4-5-10-23(22)30(25)18-13-16(2)27-17(3)14-18/h4-14H,1-3H3. The molecule has 4 aromatic heterocycles. The van der Waals surface area contributed by atoms with Gasteiger partial charge in [-0.3, -0.25) is 9.55 Å². The lowest BCUT2D eigenvalue weighted by Gasteiger charge is -2.11. The zero-order valence-corrected chi connectivity index (χ0v) is 17.5. The van der Waals surface area contributed by atoms with Crippen LogP contribution < -0.4 is 0 Å². The summed E-state index contributed by atoms with van der Waals surface area (Å²) in [5.41, 5.74) is 8.29. The molecule has 4 heterocycles. The highest BCUT2D eigenvalue weighted by atomic mass is 16.3. The minimum atomic E-state index is 0.653. The third kappa shape index (κ3) is 2.74. The number of imidazole rings is 1. The maximum absolute atomic E-state index is 6.28. The first-order chi connectivity index (χ1) is 15.1. The minimum absolute atomic E-state index is 0.653. The minimum Gasteiger partial charge on any atom is -0.437 e. The molecule has 0 unspecified atom stereocenters. The van der Waals surface area contributed by atoms with E-state index in [1.807, 2.05) is 45.0 Å². The summed E-state index contributed by atoms with van der Waals surface area (Å²) >= 11 is 0. The van der Waals surface area contributed by atoms with E-state index in [2.05, 4.69) is 57.0 Å². The number of pyridine rings is 2. The second kappa shape index (κ2) is 6.51. The summed E-state index contributed by atoms with van der Waals surface area (Å²) in [5.74, 6) is 0.840. The molecule has 0 aliphatic heterocycles. The first-order valence-corrected chi connectivity index (χ1v) is 10.3. The van der Waals surface area contributed by atoms with E-state index in [1.165, 1.54) is 0 Å². The van der Waals surface area contributed by atoms with Gasteiger partial charge in [0.25, 0.3) is 0 Å². The van der Waals surface area contributed by atoms with Gasteiger partial charge in [0.2, 0.25) is 5.71 Å². The van der Waals surface area contributed by atoms with Crippen molar-refractivity contribution in [3.8, 4) is 17.1 Å². The lowest BCUT2D eigenvalue weighted by atomic mass is 10.1. The first kappa shape index (κ1) is 17.8. The van der Waals surface area contributed by atoms with Crippen LogP contribution in [0.4, 0.5) is 0 Å². The zero-order valence-electron chi connectivity index (χ0n) is 17.5. The van der Waals surface area contributed by atoms with Crippen LogP contribution in [0.25, 0.3) is 50.2 Å². The number of hydrogen-bond acceptors (Lipinski definition) is 4. The molecule has 0 aliphatic rings. The van der Waals surface area contributed by atoms with Crippen molar-refractivity contribution in [2.45, 2.75) is 20.8 Å². The van der Waals surface area contributed by atoms with E-state index in [0.29, 0.717) is 5.71 Å². The fourth-order valence-corrected chi connectivity index (χ4v) is 4.36. The maximum atomic E-state index is 6.28. The number of aromatic nitrogens is 4. The molecule has 6 aromatic rings. The number of furan rings is 1. The van der Waals surface area contributed by atoms with Crippen LogP contribution in [0, 0.1) is 20.8 Å². The smallest absolute Gasteiger partial charge is 0.227 e. The molecule has 0 fully saturated rings. The molecule has 0 atom stereocenters. The Morgan fingerprint density at radius 3 is 2.35 bits per heavy atom. The van der Waals surface area contributed by atoms with Gasteiger partial charge in [0.15, 0.2) is 0 Å². The molecule has 0 spiro atoms. The van der Waals surface area contributed by atoms with Crippen molar-refractivity contribution < 1.29 is 4.42 Å². The summed E-state index contributed by atoms with van der Waals surface area (Å²) in [7, 11) is 0. The van der Waals surface area contributed by atoms with Crippen LogP contribution >= 0.6 is 0 Å². The average Bonchev–Trinajstić information content (AvgIpc) is 3.30. The second-order valence-corrected chi connectivity index (χ2v) is 7.96. The van der Waals surface area contributed by atoms with E-state index >= 15 is 0 Å². The molecule has 5 heteroatoms. The number of fused-ring (bicyclic) bond motifs is 4. The Labute approximate surface area is 179 Å². The van der Waals surface area contributed by atoms with E-state index in [1.54, 1.807) is 0 Å². The number of nitrogens with zero attached hydrogens (tertiary/aromatic N) is 4. The molecule has 6 rings (SSSR count). The summed E-state index contributed by atoms with van der Waals surface area (Å²) in [6.07, 6.45) is 0. The van der Waals surface area contributed by atoms with Gasteiger partial charge in [-0.2, -0.15) is 0 Å². The predicted molar refractivity (Wildman–Crippen MR) is 124 cm³/mol. The van der Waals surface area contributed by atoms with Gasteiger partial charge in [-0.1, -0.05) is 24.3 Å². The topological polar surface area (TPSA) is 56.7 Å². The van der Waals surface area contributed by atoms with Crippen LogP contribution in [0.1, 0.15) is 17.1 Å². The van der Waals surface area contributed by atoms with Crippen molar-refractivity contribution in [2.24, 2.45) is 0 Å². The number of hydrogen-bond donors (Lipinski definition) is 0. The number of benzene rings is 2. The van der Waals surface area contributed by atoms with Gasteiger partial charge >= 0.3 is 0 Å². The van der Waals surface area contributed by atoms with E-state index < -0.39 is 0 Å². The molecule has 0 N–H and O–H groups in total. The molecule has 0 saturated heterocycles. The van der Waals surface area contributed by atoms with Crippen molar-refractivity contribution in [2.75, 3.05) is 0 Å². The molecule has 2 aromatic carbocycles. The molecular weight excluding hydrogens is 384 g/mol. The SMILES string of the molecule is Cc1cc(-n2c(-c3cccc4c3oc3nc(C)ccc34)nc3ccccc32)cc(C)n1. The van der Waals surface area contributed by atoms with Gasteiger partial charge in [-0.05, 0) is 63.2 Å². The van der Waals surface area contributed by atoms with Crippen LogP contribution in [-0.2, 0) is 0 Å². The maximum Gasteiger partial charge on any atom is 0.227 e. The van der Waals surface area contributed by atoms with Crippen LogP contribution in [0.15, 0.2) is 71.1 Å². The van der Waals surface area contributed by atoms with E-state index in [-0.39, 0.29) is 0 Å². The Morgan fingerprint density at radius 1 is 0.710 bits per heavy atom. The molecule has 150 valence electrons. The molecule has 0 saturated carbocycles. The van der Waals surface area contributed by atoms with Gasteiger partial charge in [0, 0.05) is 27.9 Å². The Balaban J connectivity index is 1.73. The Kier molecular flexibility index (Phi) is 3.74. The van der Waals surface area contributed by atoms with Gasteiger partial charge < -0.3 is 4.42 Å². The van der Waals surface area contributed by atoms with Crippen LogP contribution in [0.3, 0.4) is 0 Å². The molecule has 0 amide bonds. The van der Waals surface area contributed by atoms with E-state index in [4.69, 9.17) is 9.40 Å². The summed E-state index contributed by atoms with van der Waals surface area (Å²) in [6.45, 7) is 6.01. The second-order valence-electron chi connectivity index (χ2n) is 7.96.